The minimum Gasteiger partial charge on any atom is -0.370 e. The molecule has 0 saturated heterocycles. The van der Waals surface area contributed by atoms with E-state index in [-0.39, 0.29) is 24.4 Å². The molecule has 1 amide bonds. The van der Waals surface area contributed by atoms with E-state index in [1.54, 1.807) is 6.92 Å². The number of nitrogens with two attached hydrogens (primary N) is 1. The van der Waals surface area contributed by atoms with Gasteiger partial charge < -0.3 is 5.73 Å². The van der Waals surface area contributed by atoms with E-state index in [0.29, 0.717) is 11.1 Å². The first kappa shape index (κ1) is 11.4. The van der Waals surface area contributed by atoms with Crippen LogP contribution in [0.3, 0.4) is 0 Å². The zero-order chi connectivity index (χ0) is 11.4. The number of Topliss-reactive ketones (excluding diaryl/α,β-unsaturated/α-hetero) is 1. The number of rotatable bonds is 4. The van der Waals surface area contributed by atoms with E-state index >= 15 is 0 Å². The molecule has 4 heteroatoms. The highest BCUT2D eigenvalue weighted by atomic mass is 19.1. The number of carbonyl (C=O) groups is 2. The van der Waals surface area contributed by atoms with Gasteiger partial charge in [-0.05, 0) is 30.7 Å². The molecule has 1 aromatic rings. The summed E-state index contributed by atoms with van der Waals surface area (Å²) in [5.41, 5.74) is 5.75. The Hall–Kier alpha value is -1.71. The van der Waals surface area contributed by atoms with Gasteiger partial charge in [0.15, 0.2) is 5.78 Å². The summed E-state index contributed by atoms with van der Waals surface area (Å²) in [5, 5.41) is 0. The second-order valence-corrected chi connectivity index (χ2v) is 3.35. The second-order valence-electron chi connectivity index (χ2n) is 3.35. The standard InChI is InChI=1S/C11H12FNO2/c1-7-6-8(2-3-9(7)12)10(14)4-5-11(13)15/h2-3,6H,4-5H2,1H3,(H2,13,15). The summed E-state index contributed by atoms with van der Waals surface area (Å²) in [6, 6.07) is 4.12. The third-order valence-corrected chi connectivity index (χ3v) is 2.08. The number of primary amides is 1. The van der Waals surface area contributed by atoms with E-state index in [1.165, 1.54) is 18.2 Å². The predicted molar refractivity (Wildman–Crippen MR) is 53.9 cm³/mol. The summed E-state index contributed by atoms with van der Waals surface area (Å²) in [7, 11) is 0. The van der Waals surface area contributed by atoms with Gasteiger partial charge >= 0.3 is 0 Å². The molecule has 0 radical (unpaired) electrons. The van der Waals surface area contributed by atoms with Crippen molar-refractivity contribution < 1.29 is 14.0 Å². The number of halogens is 1. The zero-order valence-electron chi connectivity index (χ0n) is 8.42. The van der Waals surface area contributed by atoms with Crippen LogP contribution in [0.15, 0.2) is 18.2 Å². The van der Waals surface area contributed by atoms with E-state index in [1.807, 2.05) is 0 Å². The van der Waals surface area contributed by atoms with Crippen molar-refractivity contribution in [2.45, 2.75) is 19.8 Å². The van der Waals surface area contributed by atoms with Gasteiger partial charge in [-0.25, -0.2) is 4.39 Å². The summed E-state index contributed by atoms with van der Waals surface area (Å²) in [6.45, 7) is 1.58. The molecule has 0 heterocycles. The average molecular weight is 209 g/mol. The molecular weight excluding hydrogens is 197 g/mol. The Labute approximate surface area is 87.1 Å². The van der Waals surface area contributed by atoms with Crippen LogP contribution in [0.25, 0.3) is 0 Å². The van der Waals surface area contributed by atoms with Crippen molar-refractivity contribution in [3.63, 3.8) is 0 Å². The lowest BCUT2D eigenvalue weighted by Gasteiger charge is -2.01. The highest BCUT2D eigenvalue weighted by Crippen LogP contribution is 2.11. The molecule has 0 saturated carbocycles. The van der Waals surface area contributed by atoms with Gasteiger partial charge in [-0.3, -0.25) is 9.59 Å². The zero-order valence-corrected chi connectivity index (χ0v) is 8.42. The Bertz CT molecular complexity index is 402. The van der Waals surface area contributed by atoms with Crippen LogP contribution in [0, 0.1) is 12.7 Å². The Morgan fingerprint density at radius 3 is 2.53 bits per heavy atom. The molecule has 3 nitrogen and oxygen atoms in total. The fraction of sp³-hybridized carbons (Fsp3) is 0.273. The van der Waals surface area contributed by atoms with Crippen molar-refractivity contribution in [1.29, 1.82) is 0 Å². The molecule has 2 N–H and O–H groups in total. The van der Waals surface area contributed by atoms with Crippen molar-refractivity contribution in [3.05, 3.63) is 35.1 Å². The number of hydrogen-bond acceptors (Lipinski definition) is 2. The van der Waals surface area contributed by atoms with Gasteiger partial charge in [0.2, 0.25) is 5.91 Å². The molecule has 15 heavy (non-hydrogen) atoms. The molecule has 0 fully saturated rings. The van der Waals surface area contributed by atoms with Crippen LogP contribution in [-0.2, 0) is 4.79 Å². The van der Waals surface area contributed by atoms with E-state index in [0.717, 1.165) is 0 Å². The van der Waals surface area contributed by atoms with Crippen LogP contribution < -0.4 is 5.73 Å². The first-order valence-corrected chi connectivity index (χ1v) is 4.58. The van der Waals surface area contributed by atoms with Crippen molar-refractivity contribution >= 4 is 11.7 Å². The van der Waals surface area contributed by atoms with Gasteiger partial charge in [-0.2, -0.15) is 0 Å². The molecule has 0 spiro atoms. The number of ketones is 1. The molecule has 0 bridgehead atoms. The second kappa shape index (κ2) is 4.68. The summed E-state index contributed by atoms with van der Waals surface area (Å²) >= 11 is 0. The van der Waals surface area contributed by atoms with Crippen molar-refractivity contribution in [2.75, 3.05) is 0 Å². The molecule has 0 atom stereocenters. The van der Waals surface area contributed by atoms with E-state index in [2.05, 4.69) is 0 Å². The number of benzene rings is 1. The van der Waals surface area contributed by atoms with Gasteiger partial charge in [-0.15, -0.1) is 0 Å². The third-order valence-electron chi connectivity index (χ3n) is 2.08. The molecular formula is C11H12FNO2. The van der Waals surface area contributed by atoms with Gasteiger partial charge in [0, 0.05) is 18.4 Å². The van der Waals surface area contributed by atoms with E-state index < -0.39 is 5.91 Å². The smallest absolute Gasteiger partial charge is 0.217 e. The highest BCUT2D eigenvalue weighted by molar-refractivity contribution is 5.97. The lowest BCUT2D eigenvalue weighted by molar-refractivity contribution is -0.118. The number of carbonyl (C=O) groups excluding carboxylic acids is 2. The van der Waals surface area contributed by atoms with Gasteiger partial charge in [-0.1, -0.05) is 0 Å². The summed E-state index contributed by atoms with van der Waals surface area (Å²) in [4.78, 5) is 21.9. The molecule has 0 aliphatic rings. The largest absolute Gasteiger partial charge is 0.370 e. The van der Waals surface area contributed by atoms with Crippen LogP contribution in [0.2, 0.25) is 0 Å². The van der Waals surface area contributed by atoms with Gasteiger partial charge in [0.25, 0.3) is 0 Å². The Kier molecular flexibility index (Phi) is 3.55. The molecule has 0 aliphatic carbocycles. The minimum atomic E-state index is -0.512. The quantitative estimate of drug-likeness (QED) is 0.765. The summed E-state index contributed by atoms with van der Waals surface area (Å²) < 4.78 is 12.9. The topological polar surface area (TPSA) is 60.2 Å². The van der Waals surface area contributed by atoms with Gasteiger partial charge in [0.1, 0.15) is 5.82 Å². The van der Waals surface area contributed by atoms with E-state index in [4.69, 9.17) is 5.73 Å². The maximum absolute atomic E-state index is 12.9. The van der Waals surface area contributed by atoms with Crippen LogP contribution in [0.5, 0.6) is 0 Å². The summed E-state index contributed by atoms with van der Waals surface area (Å²) in [6.07, 6.45) is 0.0929. The Morgan fingerprint density at radius 2 is 2.00 bits per heavy atom. The first-order chi connectivity index (χ1) is 7.00. The summed E-state index contributed by atoms with van der Waals surface area (Å²) in [5.74, 6) is -1.06. The van der Waals surface area contributed by atoms with E-state index in [9.17, 15) is 14.0 Å². The molecule has 0 unspecified atom stereocenters. The number of hydrogen-bond donors (Lipinski definition) is 1. The molecule has 1 aromatic carbocycles. The molecule has 0 aromatic heterocycles. The number of amides is 1. The SMILES string of the molecule is Cc1cc(C(=O)CCC(N)=O)ccc1F. The maximum atomic E-state index is 12.9. The monoisotopic (exact) mass is 209 g/mol. The van der Waals surface area contributed by atoms with Crippen molar-refractivity contribution in [3.8, 4) is 0 Å². The lowest BCUT2D eigenvalue weighted by atomic mass is 10.0. The average Bonchev–Trinajstić information content (AvgIpc) is 2.18. The van der Waals surface area contributed by atoms with Crippen LogP contribution >= 0.6 is 0 Å². The van der Waals surface area contributed by atoms with Crippen LogP contribution in [0.4, 0.5) is 4.39 Å². The minimum absolute atomic E-state index is 0.0231. The first-order valence-electron chi connectivity index (χ1n) is 4.58. The normalized spacial score (nSPS) is 10.0. The fourth-order valence-corrected chi connectivity index (χ4v) is 1.20. The van der Waals surface area contributed by atoms with Crippen molar-refractivity contribution in [2.24, 2.45) is 5.73 Å². The Morgan fingerprint density at radius 1 is 1.33 bits per heavy atom. The molecule has 0 aliphatic heterocycles. The number of aryl methyl sites for hydroxylation is 1. The third kappa shape index (κ3) is 3.16. The Balaban J connectivity index is 2.74. The molecule has 1 rings (SSSR count). The molecule has 80 valence electrons. The van der Waals surface area contributed by atoms with Gasteiger partial charge in [0.05, 0.1) is 0 Å². The van der Waals surface area contributed by atoms with Crippen LogP contribution in [-0.4, -0.2) is 11.7 Å². The maximum Gasteiger partial charge on any atom is 0.217 e. The van der Waals surface area contributed by atoms with Crippen LogP contribution in [0.1, 0.15) is 28.8 Å². The highest BCUT2D eigenvalue weighted by Gasteiger charge is 2.08. The lowest BCUT2D eigenvalue weighted by Crippen LogP contribution is -2.12. The fourth-order valence-electron chi connectivity index (χ4n) is 1.20. The predicted octanol–water partition coefficient (Wildman–Crippen LogP) is 1.58. The van der Waals surface area contributed by atoms with Crippen molar-refractivity contribution in [1.82, 2.24) is 0 Å².